The molecule has 2 amide bonds. The van der Waals surface area contributed by atoms with E-state index in [1.807, 2.05) is 0 Å². The van der Waals surface area contributed by atoms with Gasteiger partial charge in [0, 0.05) is 38.1 Å². The Balaban J connectivity index is 1.56. The second kappa shape index (κ2) is 7.94. The van der Waals surface area contributed by atoms with E-state index in [9.17, 15) is 9.59 Å². The molecule has 1 fully saturated rings. The lowest BCUT2D eigenvalue weighted by atomic mass is 10.1. The normalized spacial score (nSPS) is 17.6. The molecule has 1 aromatic rings. The van der Waals surface area contributed by atoms with Crippen LogP contribution in [0.15, 0.2) is 5.38 Å². The molecule has 7 nitrogen and oxygen atoms in total. The molecule has 3 N–H and O–H groups in total. The first-order chi connectivity index (χ1) is 10.1. The van der Waals surface area contributed by atoms with Gasteiger partial charge in [-0.2, -0.15) is 0 Å². The highest BCUT2D eigenvalue weighted by Crippen LogP contribution is 2.15. The minimum atomic E-state index is -1.03. The van der Waals surface area contributed by atoms with Crippen molar-refractivity contribution in [2.45, 2.75) is 19.3 Å². The van der Waals surface area contributed by atoms with Crippen LogP contribution < -0.4 is 10.6 Å². The quantitative estimate of drug-likeness (QED) is 0.700. The molecule has 0 radical (unpaired) electrons. The zero-order valence-electron chi connectivity index (χ0n) is 11.6. The highest BCUT2D eigenvalue weighted by Gasteiger charge is 2.15. The van der Waals surface area contributed by atoms with E-state index >= 15 is 0 Å². The lowest BCUT2D eigenvalue weighted by molar-refractivity contribution is 0.0691. The summed E-state index contributed by atoms with van der Waals surface area (Å²) in [6.45, 7) is 2.69. The van der Waals surface area contributed by atoms with Crippen LogP contribution >= 0.6 is 11.3 Å². The Kier molecular flexibility index (Phi) is 5.94. The van der Waals surface area contributed by atoms with Crippen LogP contribution in [0, 0.1) is 5.92 Å². The summed E-state index contributed by atoms with van der Waals surface area (Å²) < 4.78 is 5.27. The van der Waals surface area contributed by atoms with Gasteiger partial charge in [-0.05, 0) is 18.8 Å². The fraction of sp³-hybridized carbons (Fsp3) is 0.615. The van der Waals surface area contributed by atoms with Crippen LogP contribution in [-0.2, 0) is 11.2 Å². The minimum absolute atomic E-state index is 0.0539. The predicted octanol–water partition coefficient (Wildman–Crippen LogP) is 1.11. The number of ether oxygens (including phenoxy) is 1. The first-order valence-corrected chi connectivity index (χ1v) is 7.80. The fourth-order valence-electron chi connectivity index (χ4n) is 2.07. The van der Waals surface area contributed by atoms with Gasteiger partial charge in [-0.1, -0.05) is 0 Å². The zero-order valence-corrected chi connectivity index (χ0v) is 12.4. The molecule has 8 heteroatoms. The zero-order chi connectivity index (χ0) is 15.1. The minimum Gasteiger partial charge on any atom is -0.476 e. The number of hydrogen-bond acceptors (Lipinski definition) is 5. The molecule has 0 saturated carbocycles. The van der Waals surface area contributed by atoms with Gasteiger partial charge in [0.05, 0.1) is 5.01 Å². The maximum Gasteiger partial charge on any atom is 0.355 e. The number of carboxylic acid groups (broad SMARTS) is 1. The fourth-order valence-corrected chi connectivity index (χ4v) is 2.84. The summed E-state index contributed by atoms with van der Waals surface area (Å²) in [6.07, 6.45) is 2.53. The number of urea groups is 1. The molecule has 2 rings (SSSR count). The molecule has 0 aliphatic carbocycles. The number of rotatable bonds is 7. The van der Waals surface area contributed by atoms with Crippen LogP contribution in [0.1, 0.15) is 28.3 Å². The first-order valence-electron chi connectivity index (χ1n) is 6.92. The van der Waals surface area contributed by atoms with Gasteiger partial charge in [0.2, 0.25) is 0 Å². The van der Waals surface area contributed by atoms with E-state index < -0.39 is 5.97 Å². The molecular formula is C13H19N3O4S. The Morgan fingerprint density at radius 2 is 2.24 bits per heavy atom. The van der Waals surface area contributed by atoms with Gasteiger partial charge in [-0.3, -0.25) is 0 Å². The third-order valence-corrected chi connectivity index (χ3v) is 4.17. The Morgan fingerprint density at radius 1 is 1.43 bits per heavy atom. The van der Waals surface area contributed by atoms with Crippen molar-refractivity contribution in [3.05, 3.63) is 16.1 Å². The van der Waals surface area contributed by atoms with Crippen LogP contribution in [0.4, 0.5) is 4.79 Å². The number of amides is 2. The van der Waals surface area contributed by atoms with Crippen LogP contribution in [0.3, 0.4) is 0 Å². The Hall–Kier alpha value is -1.67. The Labute approximate surface area is 126 Å². The molecule has 1 aliphatic heterocycles. The number of carbonyl (C=O) groups excluding carboxylic acids is 1. The Bertz CT molecular complexity index is 486. The maximum absolute atomic E-state index is 11.6. The number of carboxylic acids is 1. The molecule has 1 aliphatic rings. The molecule has 0 bridgehead atoms. The molecule has 0 spiro atoms. The van der Waals surface area contributed by atoms with Crippen molar-refractivity contribution >= 4 is 23.3 Å². The summed E-state index contributed by atoms with van der Waals surface area (Å²) in [6, 6.07) is -0.205. The molecule has 1 saturated heterocycles. The van der Waals surface area contributed by atoms with Gasteiger partial charge in [0.25, 0.3) is 0 Å². The standard InChI is InChI=1S/C13H19N3O4S/c17-12(18)10-8-21-11(16-10)2-5-15-13(19)14-4-1-9-3-6-20-7-9/h8-9H,1-7H2,(H,17,18)(H2,14,15,19). The molecule has 1 aromatic heterocycles. The molecule has 1 atom stereocenters. The molecule has 116 valence electrons. The number of carbonyl (C=O) groups is 2. The van der Waals surface area contributed by atoms with Crippen LogP contribution in [0.25, 0.3) is 0 Å². The van der Waals surface area contributed by atoms with Crippen molar-refractivity contribution < 1.29 is 19.4 Å². The predicted molar refractivity (Wildman–Crippen MR) is 77.7 cm³/mol. The number of nitrogens with zero attached hydrogens (tertiary/aromatic N) is 1. The number of aromatic nitrogens is 1. The Morgan fingerprint density at radius 3 is 2.90 bits per heavy atom. The largest absolute Gasteiger partial charge is 0.476 e. The third-order valence-electron chi connectivity index (χ3n) is 3.26. The van der Waals surface area contributed by atoms with Gasteiger partial charge in [-0.15, -0.1) is 11.3 Å². The van der Waals surface area contributed by atoms with E-state index in [1.54, 1.807) is 0 Å². The van der Waals surface area contributed by atoms with Crippen molar-refractivity contribution in [3.63, 3.8) is 0 Å². The van der Waals surface area contributed by atoms with Gasteiger partial charge in [0.1, 0.15) is 0 Å². The van der Waals surface area contributed by atoms with Crippen molar-refractivity contribution in [1.29, 1.82) is 0 Å². The average molecular weight is 313 g/mol. The topological polar surface area (TPSA) is 101 Å². The monoisotopic (exact) mass is 313 g/mol. The van der Waals surface area contributed by atoms with E-state index in [2.05, 4.69) is 15.6 Å². The van der Waals surface area contributed by atoms with Gasteiger partial charge >= 0.3 is 12.0 Å². The number of nitrogens with one attached hydrogen (secondary N) is 2. The average Bonchev–Trinajstić information content (AvgIpc) is 3.09. The van der Waals surface area contributed by atoms with E-state index in [-0.39, 0.29) is 11.7 Å². The van der Waals surface area contributed by atoms with Crippen molar-refractivity contribution in [1.82, 2.24) is 15.6 Å². The summed E-state index contributed by atoms with van der Waals surface area (Å²) in [5, 5.41) is 16.5. The lowest BCUT2D eigenvalue weighted by Gasteiger charge is -2.09. The molecule has 21 heavy (non-hydrogen) atoms. The summed E-state index contributed by atoms with van der Waals surface area (Å²) >= 11 is 1.29. The molecular weight excluding hydrogens is 294 g/mol. The molecule has 2 heterocycles. The van der Waals surface area contributed by atoms with Crippen LogP contribution in [0.2, 0.25) is 0 Å². The molecule has 0 aromatic carbocycles. The molecule has 1 unspecified atom stereocenters. The summed E-state index contributed by atoms with van der Waals surface area (Å²) in [4.78, 5) is 26.2. The summed E-state index contributed by atoms with van der Waals surface area (Å²) in [5.41, 5.74) is 0.0539. The van der Waals surface area contributed by atoms with Crippen molar-refractivity contribution in [3.8, 4) is 0 Å². The number of hydrogen-bond donors (Lipinski definition) is 3. The summed E-state index contributed by atoms with van der Waals surface area (Å²) in [5.74, 6) is -0.478. The number of aromatic carboxylic acids is 1. The highest BCUT2D eigenvalue weighted by molar-refractivity contribution is 7.09. The van der Waals surface area contributed by atoms with Crippen molar-refractivity contribution in [2.24, 2.45) is 5.92 Å². The highest BCUT2D eigenvalue weighted by atomic mass is 32.1. The third kappa shape index (κ3) is 5.31. The van der Waals surface area contributed by atoms with E-state index in [0.29, 0.717) is 30.4 Å². The van der Waals surface area contributed by atoms with Gasteiger partial charge in [0.15, 0.2) is 5.69 Å². The van der Waals surface area contributed by atoms with E-state index in [0.717, 1.165) is 26.1 Å². The first kappa shape index (κ1) is 15.7. The van der Waals surface area contributed by atoms with Crippen molar-refractivity contribution in [2.75, 3.05) is 26.3 Å². The SMILES string of the molecule is O=C(NCCc1nc(C(=O)O)cs1)NCCC1CCOC1. The smallest absolute Gasteiger partial charge is 0.355 e. The number of thiazole rings is 1. The maximum atomic E-state index is 11.6. The second-order valence-corrected chi connectivity index (χ2v) is 5.83. The van der Waals surface area contributed by atoms with E-state index in [4.69, 9.17) is 9.84 Å². The lowest BCUT2D eigenvalue weighted by Crippen LogP contribution is -2.37. The van der Waals surface area contributed by atoms with Gasteiger partial charge in [-0.25, -0.2) is 14.6 Å². The van der Waals surface area contributed by atoms with Crippen LogP contribution in [0.5, 0.6) is 0 Å². The summed E-state index contributed by atoms with van der Waals surface area (Å²) in [7, 11) is 0. The van der Waals surface area contributed by atoms with Crippen LogP contribution in [-0.4, -0.2) is 48.4 Å². The second-order valence-electron chi connectivity index (χ2n) is 4.88. The van der Waals surface area contributed by atoms with Gasteiger partial charge < -0.3 is 20.5 Å². The van der Waals surface area contributed by atoms with E-state index in [1.165, 1.54) is 16.7 Å².